The molecule has 1 aliphatic heterocycles. The van der Waals surface area contributed by atoms with Gasteiger partial charge >= 0.3 is 0 Å². The van der Waals surface area contributed by atoms with Crippen molar-refractivity contribution < 1.29 is 9.18 Å². The highest BCUT2D eigenvalue weighted by molar-refractivity contribution is 5.92. The van der Waals surface area contributed by atoms with Crippen molar-refractivity contribution in [1.29, 1.82) is 5.26 Å². The average molecular weight is 503 g/mol. The fourth-order valence-corrected chi connectivity index (χ4v) is 5.08. The summed E-state index contributed by atoms with van der Waals surface area (Å²) in [6, 6.07) is 7.49. The van der Waals surface area contributed by atoms with Crippen molar-refractivity contribution in [3.8, 4) is 6.07 Å². The number of imidazole rings is 1. The third kappa shape index (κ3) is 5.56. The molecule has 7 nitrogen and oxygen atoms in total. The molecule has 1 aromatic carbocycles. The van der Waals surface area contributed by atoms with Crippen LogP contribution in [0.3, 0.4) is 0 Å². The number of carbonyl (C=O) groups excluding carboxylic acids is 1. The summed E-state index contributed by atoms with van der Waals surface area (Å²) in [5.41, 5.74) is 1.72. The van der Waals surface area contributed by atoms with Gasteiger partial charge in [-0.3, -0.25) is 14.7 Å². The number of alkyl halides is 1. The summed E-state index contributed by atoms with van der Waals surface area (Å²) in [7, 11) is 0. The highest BCUT2D eigenvalue weighted by Gasteiger charge is 2.40. The Morgan fingerprint density at radius 2 is 2.03 bits per heavy atom. The molecule has 1 amide bonds. The van der Waals surface area contributed by atoms with E-state index in [1.54, 1.807) is 42.7 Å². The van der Waals surface area contributed by atoms with E-state index >= 15 is 4.39 Å². The first-order valence-electron chi connectivity index (χ1n) is 12.9. The molecule has 2 unspecified atom stereocenters. The molecule has 0 aliphatic carbocycles. The second kappa shape index (κ2) is 10.4. The Labute approximate surface area is 218 Å². The van der Waals surface area contributed by atoms with Gasteiger partial charge in [-0.2, -0.15) is 5.26 Å². The van der Waals surface area contributed by atoms with E-state index in [0.717, 1.165) is 16.7 Å². The average Bonchev–Trinajstić information content (AvgIpc) is 3.26. The third-order valence-corrected chi connectivity index (χ3v) is 7.37. The summed E-state index contributed by atoms with van der Waals surface area (Å²) >= 11 is 0. The monoisotopic (exact) mass is 502 g/mol. The Morgan fingerprint density at radius 3 is 2.68 bits per heavy atom. The van der Waals surface area contributed by atoms with Gasteiger partial charge in [0.05, 0.1) is 47.1 Å². The van der Waals surface area contributed by atoms with Crippen LogP contribution in [-0.2, 0) is 16.8 Å². The molecule has 37 heavy (non-hydrogen) atoms. The predicted octanol–water partition coefficient (Wildman–Crippen LogP) is 5.89. The molecule has 1 aliphatic rings. The molecule has 2 atom stereocenters. The Morgan fingerprint density at radius 1 is 1.24 bits per heavy atom. The number of amides is 1. The van der Waals surface area contributed by atoms with Crippen LogP contribution in [0.2, 0.25) is 0 Å². The van der Waals surface area contributed by atoms with Crippen molar-refractivity contribution in [2.24, 2.45) is 5.92 Å². The number of benzene rings is 1. The number of halogens is 1. The second-order valence-electron chi connectivity index (χ2n) is 11.1. The van der Waals surface area contributed by atoms with Crippen molar-refractivity contribution >= 4 is 22.8 Å². The fraction of sp³-hybridized carbons (Fsp3) is 0.483. The largest absolute Gasteiger partial charge is 0.330 e. The minimum atomic E-state index is -1.60. The van der Waals surface area contributed by atoms with Crippen molar-refractivity contribution in [2.75, 3.05) is 11.4 Å². The van der Waals surface area contributed by atoms with E-state index in [1.165, 1.54) is 0 Å². The predicted molar refractivity (Wildman–Crippen MR) is 143 cm³/mol. The maximum atomic E-state index is 16.7. The number of hydrogen-bond acceptors (Lipinski definition) is 5. The van der Waals surface area contributed by atoms with E-state index in [1.807, 2.05) is 10.6 Å². The van der Waals surface area contributed by atoms with Gasteiger partial charge in [0.2, 0.25) is 5.91 Å². The van der Waals surface area contributed by atoms with Gasteiger partial charge in [0.15, 0.2) is 5.82 Å². The molecule has 194 valence electrons. The molecular formula is C29H35FN6O. The molecular weight excluding hydrogens is 467 g/mol. The third-order valence-electron chi connectivity index (χ3n) is 7.37. The lowest BCUT2D eigenvalue weighted by Crippen LogP contribution is -2.40. The van der Waals surface area contributed by atoms with Gasteiger partial charge in [-0.25, -0.2) is 14.4 Å². The fourth-order valence-electron chi connectivity index (χ4n) is 5.08. The Hall–Kier alpha value is -3.60. The highest BCUT2D eigenvalue weighted by Crippen LogP contribution is 2.40. The van der Waals surface area contributed by atoms with Crippen LogP contribution in [0.25, 0.3) is 11.0 Å². The lowest BCUT2D eigenvalue weighted by Gasteiger charge is -2.37. The topological polar surface area (TPSA) is 87.7 Å². The van der Waals surface area contributed by atoms with Crippen LogP contribution in [-0.4, -0.2) is 37.6 Å². The van der Waals surface area contributed by atoms with Crippen LogP contribution in [0.4, 0.5) is 10.2 Å². The van der Waals surface area contributed by atoms with E-state index in [9.17, 15) is 10.1 Å². The Bertz CT molecular complexity index is 1330. The van der Waals surface area contributed by atoms with Crippen LogP contribution in [0.5, 0.6) is 0 Å². The van der Waals surface area contributed by atoms with Gasteiger partial charge in [0.25, 0.3) is 0 Å². The van der Waals surface area contributed by atoms with E-state index in [-0.39, 0.29) is 23.7 Å². The summed E-state index contributed by atoms with van der Waals surface area (Å²) in [5.74, 6) is 0.108. The summed E-state index contributed by atoms with van der Waals surface area (Å²) in [4.78, 5) is 28.3. The zero-order valence-electron chi connectivity index (χ0n) is 22.2. The van der Waals surface area contributed by atoms with Crippen molar-refractivity contribution in [3.63, 3.8) is 0 Å². The smallest absolute Gasteiger partial charge is 0.228 e. The second-order valence-corrected chi connectivity index (χ2v) is 11.1. The van der Waals surface area contributed by atoms with E-state index in [2.05, 4.69) is 48.4 Å². The van der Waals surface area contributed by atoms with Crippen LogP contribution in [0.1, 0.15) is 71.1 Å². The first-order chi connectivity index (χ1) is 17.5. The van der Waals surface area contributed by atoms with Gasteiger partial charge in [-0.1, -0.05) is 27.4 Å². The lowest BCUT2D eigenvalue weighted by atomic mass is 9.77. The summed E-state index contributed by atoms with van der Waals surface area (Å²) < 4.78 is 18.7. The van der Waals surface area contributed by atoms with Gasteiger partial charge < -0.3 is 4.57 Å². The molecule has 3 heterocycles. The molecule has 2 aromatic heterocycles. The van der Waals surface area contributed by atoms with Crippen molar-refractivity contribution in [3.05, 3.63) is 60.3 Å². The number of nitrogens with zero attached hydrogens (tertiary/aromatic N) is 6. The minimum Gasteiger partial charge on any atom is -0.330 e. The quantitative estimate of drug-likeness (QED) is 0.415. The van der Waals surface area contributed by atoms with Crippen molar-refractivity contribution in [1.82, 2.24) is 19.5 Å². The molecule has 0 spiro atoms. The number of allylic oxidation sites excluding steroid dienone is 1. The van der Waals surface area contributed by atoms with Gasteiger partial charge in [0, 0.05) is 30.8 Å². The number of rotatable bonds is 4. The summed E-state index contributed by atoms with van der Waals surface area (Å²) in [5, 5.41) is 9.31. The molecule has 0 N–H and O–H groups in total. The highest BCUT2D eigenvalue weighted by atomic mass is 19.1. The zero-order valence-corrected chi connectivity index (χ0v) is 22.2. The molecule has 0 radical (unpaired) electrons. The molecule has 0 bridgehead atoms. The van der Waals surface area contributed by atoms with Gasteiger partial charge in [-0.15, -0.1) is 0 Å². The number of hydrogen-bond donors (Lipinski definition) is 0. The maximum absolute atomic E-state index is 16.7. The molecule has 8 heteroatoms. The SMILES string of the molecule is C=C(C)C1(F)CCCN(c2cnc(C(C)(C)C)cn2)C(=O)CCCC1Cn1cnc2ccc(C#N)cc21. The number of fused-ring (bicyclic) bond motifs is 1. The van der Waals surface area contributed by atoms with E-state index in [4.69, 9.17) is 0 Å². The standard InChI is InChI=1S/C29H35FN6O/c1-20(2)29(30)12-7-13-36(26-17-32-25(16-33-26)28(3,4)5)27(37)9-6-8-22(29)18-35-19-34-23-11-10-21(15-31)14-24(23)35/h10-11,14,16-17,19,22H,1,6-9,12-13,18H2,2-5H3. The Kier molecular flexibility index (Phi) is 7.44. The van der Waals surface area contributed by atoms with Crippen LogP contribution in [0.15, 0.2) is 49.1 Å². The van der Waals surface area contributed by atoms with Gasteiger partial charge in [0.1, 0.15) is 5.67 Å². The number of carbonyl (C=O) groups is 1. The van der Waals surface area contributed by atoms with Crippen molar-refractivity contribution in [2.45, 2.75) is 77.4 Å². The van der Waals surface area contributed by atoms with E-state index < -0.39 is 5.67 Å². The number of aromatic nitrogens is 4. The van der Waals surface area contributed by atoms with E-state index in [0.29, 0.717) is 55.7 Å². The number of nitriles is 1. The Balaban J connectivity index is 1.57. The molecule has 1 saturated heterocycles. The summed E-state index contributed by atoms with van der Waals surface area (Å²) in [6.45, 7) is 12.7. The zero-order chi connectivity index (χ0) is 26.8. The first kappa shape index (κ1) is 26.5. The molecule has 4 rings (SSSR count). The minimum absolute atomic E-state index is 0.0232. The maximum Gasteiger partial charge on any atom is 0.228 e. The molecule has 1 fully saturated rings. The lowest BCUT2D eigenvalue weighted by molar-refractivity contribution is -0.119. The number of anilines is 1. The van der Waals surface area contributed by atoms with Crippen LogP contribution in [0, 0.1) is 17.2 Å². The summed E-state index contributed by atoms with van der Waals surface area (Å²) in [6.07, 6.45) is 7.16. The molecule has 0 saturated carbocycles. The van der Waals surface area contributed by atoms with Crippen LogP contribution >= 0.6 is 0 Å². The molecule has 3 aromatic rings. The first-order valence-corrected chi connectivity index (χ1v) is 12.9. The normalized spacial score (nSPS) is 21.6. The van der Waals surface area contributed by atoms with Crippen LogP contribution < -0.4 is 4.90 Å². The van der Waals surface area contributed by atoms with Gasteiger partial charge in [-0.05, 0) is 56.4 Å².